The summed E-state index contributed by atoms with van der Waals surface area (Å²) in [4.78, 5) is 26.6. The van der Waals surface area contributed by atoms with Crippen LogP contribution in [-0.4, -0.2) is 65.7 Å². The Hall–Kier alpha value is -4.18. The van der Waals surface area contributed by atoms with Gasteiger partial charge in [0.25, 0.3) is 5.91 Å². The maximum absolute atomic E-state index is 12.6. The SMILES string of the molecule is CCN(C(=O)COC(=O)/C=C/c1cn(-c2ccccc2)nc1-c1cc2ccccc2o1)[C@@H]1CCS(=O)(=O)C1. The zero-order chi connectivity index (χ0) is 26.7. The number of aromatic nitrogens is 2. The number of benzene rings is 2. The molecule has 3 heterocycles. The van der Waals surface area contributed by atoms with Gasteiger partial charge in [0.05, 0.1) is 17.2 Å². The molecule has 1 saturated heterocycles. The first-order valence-corrected chi connectivity index (χ1v) is 14.1. The normalized spacial score (nSPS) is 16.7. The van der Waals surface area contributed by atoms with Crippen molar-refractivity contribution in [3.05, 3.63) is 78.5 Å². The van der Waals surface area contributed by atoms with Gasteiger partial charge in [0.2, 0.25) is 0 Å². The average molecular weight is 534 g/mol. The fourth-order valence-corrected chi connectivity index (χ4v) is 6.32. The topological polar surface area (TPSA) is 112 Å². The molecule has 1 amide bonds. The van der Waals surface area contributed by atoms with Gasteiger partial charge in [0, 0.05) is 35.8 Å². The van der Waals surface area contributed by atoms with Gasteiger partial charge in [-0.1, -0.05) is 36.4 Å². The summed E-state index contributed by atoms with van der Waals surface area (Å²) in [6.07, 6.45) is 4.99. The number of carbonyl (C=O) groups is 2. The molecule has 1 aliphatic rings. The van der Waals surface area contributed by atoms with Gasteiger partial charge in [0.15, 0.2) is 22.2 Å². The molecule has 2 aromatic heterocycles. The number of amides is 1. The van der Waals surface area contributed by atoms with E-state index in [2.05, 4.69) is 0 Å². The van der Waals surface area contributed by atoms with E-state index in [9.17, 15) is 18.0 Å². The summed E-state index contributed by atoms with van der Waals surface area (Å²) < 4.78 is 36.5. The Morgan fingerprint density at radius 1 is 1.16 bits per heavy atom. The molecule has 196 valence electrons. The molecule has 38 heavy (non-hydrogen) atoms. The van der Waals surface area contributed by atoms with E-state index in [1.807, 2.05) is 60.7 Å². The lowest BCUT2D eigenvalue weighted by Crippen LogP contribution is -2.43. The smallest absolute Gasteiger partial charge is 0.331 e. The van der Waals surface area contributed by atoms with Crippen molar-refractivity contribution < 1.29 is 27.2 Å². The Morgan fingerprint density at radius 2 is 1.92 bits per heavy atom. The van der Waals surface area contributed by atoms with Crippen molar-refractivity contribution in [2.75, 3.05) is 24.7 Å². The summed E-state index contributed by atoms with van der Waals surface area (Å²) in [7, 11) is -3.14. The number of para-hydroxylation sites is 2. The Morgan fingerprint density at radius 3 is 2.63 bits per heavy atom. The number of esters is 1. The Bertz CT molecular complexity index is 1570. The number of likely N-dealkylation sites (N-methyl/N-ethyl adjacent to an activating group) is 1. The van der Waals surface area contributed by atoms with Crippen LogP contribution >= 0.6 is 0 Å². The van der Waals surface area contributed by atoms with Crippen LogP contribution in [0.2, 0.25) is 0 Å². The van der Waals surface area contributed by atoms with Crippen molar-refractivity contribution >= 4 is 38.8 Å². The van der Waals surface area contributed by atoms with Crippen molar-refractivity contribution in [3.8, 4) is 17.1 Å². The molecule has 1 atom stereocenters. The molecule has 1 aliphatic heterocycles. The highest BCUT2D eigenvalue weighted by molar-refractivity contribution is 7.91. The lowest BCUT2D eigenvalue weighted by molar-refractivity contribution is -0.149. The molecule has 1 fully saturated rings. The summed E-state index contributed by atoms with van der Waals surface area (Å²) in [6, 6.07) is 18.7. The van der Waals surface area contributed by atoms with Crippen LogP contribution in [-0.2, 0) is 24.2 Å². The third kappa shape index (κ3) is 5.55. The molecular formula is C28H27N3O6S. The van der Waals surface area contributed by atoms with Crippen molar-refractivity contribution in [1.82, 2.24) is 14.7 Å². The second-order valence-electron chi connectivity index (χ2n) is 9.04. The van der Waals surface area contributed by atoms with Crippen molar-refractivity contribution in [3.63, 3.8) is 0 Å². The van der Waals surface area contributed by atoms with E-state index in [1.54, 1.807) is 23.9 Å². The predicted molar refractivity (Wildman–Crippen MR) is 143 cm³/mol. The Balaban J connectivity index is 1.33. The van der Waals surface area contributed by atoms with Gasteiger partial charge < -0.3 is 14.1 Å². The van der Waals surface area contributed by atoms with Crippen LogP contribution in [0, 0.1) is 0 Å². The number of carbonyl (C=O) groups excluding carboxylic acids is 2. The molecule has 5 rings (SSSR count). The number of ether oxygens (including phenoxy) is 1. The Kier molecular flexibility index (Phi) is 7.15. The fourth-order valence-electron chi connectivity index (χ4n) is 4.59. The van der Waals surface area contributed by atoms with E-state index in [0.29, 0.717) is 30.0 Å². The third-order valence-corrected chi connectivity index (χ3v) is 8.22. The van der Waals surface area contributed by atoms with Gasteiger partial charge in [-0.2, -0.15) is 5.10 Å². The van der Waals surface area contributed by atoms with Crippen molar-refractivity contribution in [2.24, 2.45) is 0 Å². The van der Waals surface area contributed by atoms with Gasteiger partial charge >= 0.3 is 5.97 Å². The van der Waals surface area contributed by atoms with E-state index in [-0.39, 0.29) is 17.5 Å². The zero-order valence-electron chi connectivity index (χ0n) is 20.8. The van der Waals surface area contributed by atoms with Crippen LogP contribution in [0.4, 0.5) is 0 Å². The molecule has 0 bridgehead atoms. The summed E-state index contributed by atoms with van der Waals surface area (Å²) in [6.45, 7) is 1.65. The molecule has 9 nitrogen and oxygen atoms in total. The van der Waals surface area contributed by atoms with Crippen LogP contribution < -0.4 is 0 Å². The second-order valence-corrected chi connectivity index (χ2v) is 11.3. The summed E-state index contributed by atoms with van der Waals surface area (Å²) in [5, 5.41) is 5.63. The second kappa shape index (κ2) is 10.7. The number of hydrogen-bond donors (Lipinski definition) is 0. The van der Waals surface area contributed by atoms with Crippen LogP contribution in [0.25, 0.3) is 34.2 Å². The lowest BCUT2D eigenvalue weighted by Gasteiger charge is -2.26. The number of nitrogens with zero attached hydrogens (tertiary/aromatic N) is 3. The third-order valence-electron chi connectivity index (χ3n) is 6.47. The number of fused-ring (bicyclic) bond motifs is 1. The molecule has 4 aromatic rings. The van der Waals surface area contributed by atoms with Crippen LogP contribution in [0.3, 0.4) is 0 Å². The van der Waals surface area contributed by atoms with Gasteiger partial charge in [-0.3, -0.25) is 4.79 Å². The van der Waals surface area contributed by atoms with E-state index >= 15 is 0 Å². The lowest BCUT2D eigenvalue weighted by atomic mass is 10.2. The molecule has 0 radical (unpaired) electrons. The van der Waals surface area contributed by atoms with Crippen molar-refractivity contribution in [1.29, 1.82) is 0 Å². The van der Waals surface area contributed by atoms with Gasteiger partial charge in [-0.05, 0) is 43.7 Å². The minimum atomic E-state index is -3.14. The number of sulfone groups is 1. The highest BCUT2D eigenvalue weighted by Gasteiger charge is 2.34. The number of hydrogen-bond acceptors (Lipinski definition) is 7. The van der Waals surface area contributed by atoms with Crippen molar-refractivity contribution in [2.45, 2.75) is 19.4 Å². The van der Waals surface area contributed by atoms with E-state index in [1.165, 1.54) is 11.0 Å². The molecular weight excluding hydrogens is 506 g/mol. The minimum absolute atomic E-state index is 0.0591. The fraction of sp³-hybridized carbons (Fsp3) is 0.250. The molecule has 0 aliphatic carbocycles. The Labute approximate surface area is 220 Å². The van der Waals surface area contributed by atoms with Gasteiger partial charge in [-0.25, -0.2) is 17.9 Å². The van der Waals surface area contributed by atoms with Crippen LogP contribution in [0.5, 0.6) is 0 Å². The van der Waals surface area contributed by atoms with E-state index < -0.39 is 28.3 Å². The average Bonchev–Trinajstić information content (AvgIpc) is 3.63. The quantitative estimate of drug-likeness (QED) is 0.250. The molecule has 10 heteroatoms. The van der Waals surface area contributed by atoms with Crippen LogP contribution in [0.1, 0.15) is 18.9 Å². The molecule has 0 spiro atoms. The first-order valence-electron chi connectivity index (χ1n) is 12.3. The first-order chi connectivity index (χ1) is 18.3. The number of rotatable bonds is 8. The van der Waals surface area contributed by atoms with E-state index in [4.69, 9.17) is 14.3 Å². The maximum atomic E-state index is 12.6. The molecule has 0 unspecified atom stereocenters. The van der Waals surface area contributed by atoms with E-state index in [0.717, 1.165) is 16.7 Å². The van der Waals surface area contributed by atoms with Gasteiger partial charge in [-0.15, -0.1) is 0 Å². The summed E-state index contributed by atoms with van der Waals surface area (Å²) >= 11 is 0. The number of furan rings is 1. The molecule has 0 saturated carbocycles. The zero-order valence-corrected chi connectivity index (χ0v) is 21.6. The minimum Gasteiger partial charge on any atom is -0.454 e. The van der Waals surface area contributed by atoms with Crippen LogP contribution in [0.15, 0.2) is 77.4 Å². The molecule has 2 aromatic carbocycles. The largest absolute Gasteiger partial charge is 0.454 e. The highest BCUT2D eigenvalue weighted by Crippen LogP contribution is 2.30. The van der Waals surface area contributed by atoms with Gasteiger partial charge in [0.1, 0.15) is 11.3 Å². The predicted octanol–water partition coefficient (Wildman–Crippen LogP) is 3.88. The molecule has 0 N–H and O–H groups in total. The monoisotopic (exact) mass is 533 g/mol. The summed E-state index contributed by atoms with van der Waals surface area (Å²) in [5.74, 6) is -0.563. The standard InChI is InChI=1S/C28H27N3O6S/c1-2-30(23-14-15-38(34,35)19-23)26(32)18-36-27(33)13-12-21-17-31(22-9-4-3-5-10-22)29-28(21)25-16-20-8-6-7-11-24(20)37-25/h3-13,16-17,23H,2,14-15,18-19H2,1H3/b13-12+/t23-/m1/s1. The maximum Gasteiger partial charge on any atom is 0.331 e. The first kappa shape index (κ1) is 25.5. The summed E-state index contributed by atoms with van der Waals surface area (Å²) in [5.41, 5.74) is 2.73. The highest BCUT2D eigenvalue weighted by atomic mass is 32.2.